The maximum absolute atomic E-state index is 9.86. The van der Waals surface area contributed by atoms with E-state index >= 15 is 0 Å². The van der Waals surface area contributed by atoms with Gasteiger partial charge in [0.15, 0.2) is 6.19 Å². The zero-order chi connectivity index (χ0) is 28.3. The first-order valence-electron chi connectivity index (χ1n) is 15.2. The van der Waals surface area contributed by atoms with E-state index in [2.05, 4.69) is 73.8 Å². The summed E-state index contributed by atoms with van der Waals surface area (Å²) in [6.07, 6.45) is 13.4. The molecular weight excluding hydrogens is 492 g/mol. The van der Waals surface area contributed by atoms with Gasteiger partial charge in [-0.3, -0.25) is 0 Å². The minimum absolute atomic E-state index is 0.111. The van der Waals surface area contributed by atoms with Crippen molar-refractivity contribution in [3.05, 3.63) is 108 Å². The molecule has 3 atom stereocenters. The maximum Gasteiger partial charge on any atom is 0.179 e. The molecule has 40 heavy (non-hydrogen) atoms. The van der Waals surface area contributed by atoms with Gasteiger partial charge in [0, 0.05) is 19.5 Å². The zero-order valence-corrected chi connectivity index (χ0v) is 24.6. The van der Waals surface area contributed by atoms with E-state index in [9.17, 15) is 5.26 Å². The lowest BCUT2D eigenvalue weighted by molar-refractivity contribution is -0.0943. The summed E-state index contributed by atoms with van der Waals surface area (Å²) >= 11 is 0. The molecule has 4 nitrogen and oxygen atoms in total. The van der Waals surface area contributed by atoms with Gasteiger partial charge in [-0.05, 0) is 29.5 Å². The van der Waals surface area contributed by atoms with Gasteiger partial charge in [-0.15, -0.1) is 0 Å². The Morgan fingerprint density at radius 2 is 1.12 bits per heavy atom. The number of nitrogens with zero attached hydrogens (tertiary/aromatic N) is 2. The highest BCUT2D eigenvalue weighted by Gasteiger charge is 2.29. The van der Waals surface area contributed by atoms with Crippen LogP contribution < -0.4 is 0 Å². The van der Waals surface area contributed by atoms with Crippen molar-refractivity contribution in [2.75, 3.05) is 7.05 Å². The number of ether oxygens (including phenoxy) is 2. The molecule has 0 saturated heterocycles. The number of hydrogen-bond acceptors (Lipinski definition) is 4. The molecule has 0 aromatic heterocycles. The van der Waals surface area contributed by atoms with Gasteiger partial charge >= 0.3 is 0 Å². The van der Waals surface area contributed by atoms with Crippen molar-refractivity contribution in [1.29, 1.82) is 5.26 Å². The first-order chi connectivity index (χ1) is 19.7. The minimum atomic E-state index is -0.158. The summed E-state index contributed by atoms with van der Waals surface area (Å²) in [5.41, 5.74) is 3.52. The van der Waals surface area contributed by atoms with Crippen molar-refractivity contribution in [2.24, 2.45) is 0 Å². The Morgan fingerprint density at radius 3 is 1.65 bits per heavy atom. The summed E-state index contributed by atoms with van der Waals surface area (Å²) in [6.45, 7) is 3.30. The van der Waals surface area contributed by atoms with E-state index in [-0.39, 0.29) is 18.2 Å². The molecule has 0 aliphatic carbocycles. The molecular formula is C36H48N2O2. The zero-order valence-electron chi connectivity index (χ0n) is 24.6. The molecule has 0 fully saturated rings. The fraction of sp³-hybridized carbons (Fsp3) is 0.472. The smallest absolute Gasteiger partial charge is 0.179 e. The number of nitriles is 1. The molecule has 3 rings (SSSR count). The molecule has 0 bridgehead atoms. The molecule has 3 aromatic carbocycles. The highest BCUT2D eigenvalue weighted by Crippen LogP contribution is 2.24. The number of benzene rings is 3. The van der Waals surface area contributed by atoms with E-state index < -0.39 is 0 Å². The normalized spacial score (nSPS) is 13.3. The van der Waals surface area contributed by atoms with Crippen LogP contribution in [0.5, 0.6) is 0 Å². The molecule has 0 spiro atoms. The Labute approximate surface area is 242 Å². The quantitative estimate of drug-likeness (QED) is 0.0817. The summed E-state index contributed by atoms with van der Waals surface area (Å²) in [4.78, 5) is 1.83. The molecule has 0 unspecified atom stereocenters. The van der Waals surface area contributed by atoms with Crippen molar-refractivity contribution in [3.63, 3.8) is 0 Å². The van der Waals surface area contributed by atoms with Crippen LogP contribution in [0, 0.1) is 11.5 Å². The average Bonchev–Trinajstić information content (AvgIpc) is 3.01. The Morgan fingerprint density at radius 1 is 0.650 bits per heavy atom. The third-order valence-corrected chi connectivity index (χ3v) is 7.66. The van der Waals surface area contributed by atoms with Crippen LogP contribution >= 0.6 is 0 Å². The molecule has 0 heterocycles. The van der Waals surface area contributed by atoms with Crippen LogP contribution in [-0.4, -0.2) is 30.2 Å². The molecule has 0 N–H and O–H groups in total. The average molecular weight is 541 g/mol. The van der Waals surface area contributed by atoms with Gasteiger partial charge in [0.05, 0.1) is 25.4 Å². The fourth-order valence-corrected chi connectivity index (χ4v) is 5.18. The Hall–Kier alpha value is -3.13. The third kappa shape index (κ3) is 11.9. The van der Waals surface area contributed by atoms with E-state index in [0.29, 0.717) is 13.2 Å². The van der Waals surface area contributed by atoms with Gasteiger partial charge in [0.1, 0.15) is 0 Å². The van der Waals surface area contributed by atoms with Crippen LogP contribution in [-0.2, 0) is 29.1 Å². The number of unbranched alkanes of at least 4 members (excludes halogenated alkanes) is 6. The summed E-state index contributed by atoms with van der Waals surface area (Å²) in [6, 6.07) is 31.3. The standard InChI is InChI=1S/C36H48N2O2/c1-3-4-5-6-7-8-18-25-34(38(2)30-37)27-36(40-29-33-23-16-11-17-24-33)35(26-31-19-12-9-13-20-31)39-28-32-21-14-10-15-22-32/h9-17,19-24,34-36H,3-8,18,25-29H2,1-2H3/t34-,35+,36-/m0/s1. The van der Waals surface area contributed by atoms with Crippen molar-refractivity contribution < 1.29 is 9.47 Å². The summed E-state index contributed by atoms with van der Waals surface area (Å²) in [5.74, 6) is 0. The van der Waals surface area contributed by atoms with Gasteiger partial charge in [-0.1, -0.05) is 143 Å². The molecule has 0 aliphatic rings. The van der Waals surface area contributed by atoms with Crippen molar-refractivity contribution in [1.82, 2.24) is 4.90 Å². The molecule has 3 aromatic rings. The van der Waals surface area contributed by atoms with Crippen LogP contribution in [0.15, 0.2) is 91.0 Å². The highest BCUT2D eigenvalue weighted by atomic mass is 16.5. The third-order valence-electron chi connectivity index (χ3n) is 7.66. The van der Waals surface area contributed by atoms with Gasteiger partial charge in [-0.25, -0.2) is 0 Å². The van der Waals surface area contributed by atoms with Gasteiger partial charge in [-0.2, -0.15) is 5.26 Å². The van der Waals surface area contributed by atoms with E-state index in [1.54, 1.807) is 0 Å². The lowest BCUT2D eigenvalue weighted by atomic mass is 9.94. The molecule has 4 heteroatoms. The Kier molecular flexibility index (Phi) is 14.9. The fourth-order valence-electron chi connectivity index (χ4n) is 5.18. The molecule has 214 valence electrons. The van der Waals surface area contributed by atoms with Crippen molar-refractivity contribution >= 4 is 0 Å². The molecule has 0 saturated carbocycles. The first-order valence-corrected chi connectivity index (χ1v) is 15.2. The predicted molar refractivity (Wildman–Crippen MR) is 165 cm³/mol. The summed E-state index contributed by atoms with van der Waals surface area (Å²) < 4.78 is 13.3. The lowest BCUT2D eigenvalue weighted by Crippen LogP contribution is -2.40. The van der Waals surface area contributed by atoms with Crippen LogP contribution in [0.1, 0.15) is 81.4 Å². The summed E-state index contributed by atoms with van der Waals surface area (Å²) in [5, 5.41) is 9.86. The maximum atomic E-state index is 9.86. The number of rotatable bonds is 20. The van der Waals surface area contributed by atoms with E-state index in [1.807, 2.05) is 42.3 Å². The lowest BCUT2D eigenvalue weighted by Gasteiger charge is -2.33. The van der Waals surface area contributed by atoms with Crippen molar-refractivity contribution in [2.45, 2.75) is 103 Å². The van der Waals surface area contributed by atoms with Gasteiger partial charge < -0.3 is 14.4 Å². The minimum Gasteiger partial charge on any atom is -0.371 e. The molecule has 0 radical (unpaired) electrons. The van der Waals surface area contributed by atoms with Crippen molar-refractivity contribution in [3.8, 4) is 6.19 Å². The highest BCUT2D eigenvalue weighted by molar-refractivity contribution is 5.17. The van der Waals surface area contributed by atoms with E-state index in [0.717, 1.165) is 36.8 Å². The molecule has 0 aliphatic heterocycles. The predicted octanol–water partition coefficient (Wildman–Crippen LogP) is 8.71. The van der Waals surface area contributed by atoms with Crippen LogP contribution in [0.2, 0.25) is 0 Å². The van der Waals surface area contributed by atoms with E-state index in [4.69, 9.17) is 9.47 Å². The van der Waals surface area contributed by atoms with Crippen LogP contribution in [0.3, 0.4) is 0 Å². The summed E-state index contributed by atoms with van der Waals surface area (Å²) in [7, 11) is 1.91. The Balaban J connectivity index is 1.76. The van der Waals surface area contributed by atoms with Gasteiger partial charge in [0.2, 0.25) is 0 Å². The van der Waals surface area contributed by atoms with Gasteiger partial charge in [0.25, 0.3) is 0 Å². The second-order valence-corrected chi connectivity index (χ2v) is 10.9. The Bertz CT molecular complexity index is 1070. The largest absolute Gasteiger partial charge is 0.371 e. The second kappa shape index (κ2) is 19.0. The topological polar surface area (TPSA) is 45.5 Å². The van der Waals surface area contributed by atoms with Crippen LogP contribution in [0.25, 0.3) is 0 Å². The SMILES string of the molecule is CCCCCCCCC[C@@H](C[C@H](OCc1ccccc1)[C@@H](Cc1ccccc1)OCc1ccccc1)N(C)C#N. The van der Waals surface area contributed by atoms with E-state index in [1.165, 1.54) is 44.1 Å². The van der Waals surface area contributed by atoms with Crippen LogP contribution in [0.4, 0.5) is 0 Å². The monoisotopic (exact) mass is 540 g/mol. The number of hydrogen-bond donors (Lipinski definition) is 0. The second-order valence-electron chi connectivity index (χ2n) is 10.9. The molecule has 0 amide bonds. The first kappa shape index (κ1) is 31.4.